The van der Waals surface area contributed by atoms with Crippen molar-refractivity contribution in [2.24, 2.45) is 0 Å². The van der Waals surface area contributed by atoms with Crippen molar-refractivity contribution < 1.29 is 0 Å². The van der Waals surface area contributed by atoms with Crippen LogP contribution in [-0.2, 0) is 5.41 Å². The molecule has 196 valence electrons. The van der Waals surface area contributed by atoms with Crippen LogP contribution in [0.2, 0.25) is 0 Å². The van der Waals surface area contributed by atoms with Gasteiger partial charge in [0.15, 0.2) is 0 Å². The highest BCUT2D eigenvalue weighted by Gasteiger charge is 2.38. The first kappa shape index (κ1) is 23.8. The van der Waals surface area contributed by atoms with Gasteiger partial charge in [0.05, 0.1) is 16.7 Å². The second-order valence-corrected chi connectivity index (χ2v) is 11.4. The Kier molecular flexibility index (Phi) is 5.20. The number of fused-ring (bicyclic) bond motifs is 6. The lowest BCUT2D eigenvalue weighted by atomic mass is 9.81. The van der Waals surface area contributed by atoms with E-state index in [9.17, 15) is 0 Å². The Morgan fingerprint density at radius 2 is 1.17 bits per heavy atom. The number of anilines is 3. The number of benzene rings is 6. The maximum absolute atomic E-state index is 2.44. The summed E-state index contributed by atoms with van der Waals surface area (Å²) in [6, 6.07) is 52.8. The van der Waals surface area contributed by atoms with Crippen LogP contribution in [0, 0.1) is 0 Å². The van der Waals surface area contributed by atoms with Crippen LogP contribution in [0.25, 0.3) is 38.6 Å². The molecule has 1 aromatic heterocycles. The highest BCUT2D eigenvalue weighted by molar-refractivity contribution is 6.10. The maximum Gasteiger partial charge on any atom is 0.0561 e. The van der Waals surface area contributed by atoms with E-state index in [0.29, 0.717) is 0 Å². The maximum atomic E-state index is 2.44. The van der Waals surface area contributed by atoms with Crippen molar-refractivity contribution >= 4 is 38.9 Å². The minimum Gasteiger partial charge on any atom is -0.310 e. The van der Waals surface area contributed by atoms with Crippen molar-refractivity contribution in [3.8, 4) is 16.8 Å². The third kappa shape index (κ3) is 3.50. The molecule has 0 amide bonds. The summed E-state index contributed by atoms with van der Waals surface area (Å²) in [4.78, 5) is 2.44. The first-order valence-corrected chi connectivity index (χ1v) is 14.3. The van der Waals surface area contributed by atoms with Crippen molar-refractivity contribution in [1.29, 1.82) is 0 Å². The van der Waals surface area contributed by atoms with Crippen LogP contribution in [0.5, 0.6) is 0 Å². The van der Waals surface area contributed by atoms with Crippen LogP contribution in [0.1, 0.15) is 25.0 Å². The predicted octanol–water partition coefficient (Wildman–Crippen LogP) is 10.6. The van der Waals surface area contributed by atoms with Crippen LogP contribution >= 0.6 is 0 Å². The first-order valence-electron chi connectivity index (χ1n) is 14.3. The highest BCUT2D eigenvalue weighted by Crippen LogP contribution is 2.54. The molecule has 0 fully saturated rings. The summed E-state index contributed by atoms with van der Waals surface area (Å²) in [6.45, 7) is 4.72. The second kappa shape index (κ2) is 8.97. The fourth-order valence-corrected chi connectivity index (χ4v) is 6.96. The average molecular weight is 527 g/mol. The van der Waals surface area contributed by atoms with E-state index in [4.69, 9.17) is 0 Å². The molecule has 2 nitrogen and oxygen atoms in total. The van der Waals surface area contributed by atoms with E-state index >= 15 is 0 Å². The van der Waals surface area contributed by atoms with E-state index in [1.54, 1.807) is 0 Å². The minimum absolute atomic E-state index is 0.126. The lowest BCUT2D eigenvalue weighted by Crippen LogP contribution is -2.20. The average Bonchev–Trinajstić information content (AvgIpc) is 3.47. The zero-order valence-electron chi connectivity index (χ0n) is 23.3. The molecule has 1 heterocycles. The summed E-state index contributed by atoms with van der Waals surface area (Å²) in [7, 11) is 0. The Hall–Kier alpha value is -5.08. The number of rotatable bonds is 4. The molecule has 8 rings (SSSR count). The van der Waals surface area contributed by atoms with Gasteiger partial charge in [0.2, 0.25) is 0 Å². The van der Waals surface area contributed by atoms with Gasteiger partial charge in [-0.15, -0.1) is 0 Å². The third-order valence-electron chi connectivity index (χ3n) is 8.74. The smallest absolute Gasteiger partial charge is 0.0561 e. The molecule has 0 spiro atoms. The predicted molar refractivity (Wildman–Crippen MR) is 173 cm³/mol. The molecule has 0 unspecified atom stereocenters. The van der Waals surface area contributed by atoms with Gasteiger partial charge in [0.25, 0.3) is 0 Å². The molecule has 41 heavy (non-hydrogen) atoms. The molecule has 0 radical (unpaired) electrons. The van der Waals surface area contributed by atoms with Gasteiger partial charge in [-0.05, 0) is 70.8 Å². The van der Waals surface area contributed by atoms with Crippen molar-refractivity contribution in [3.05, 3.63) is 157 Å². The zero-order valence-corrected chi connectivity index (χ0v) is 23.3. The minimum atomic E-state index is -0.126. The Labute approximate surface area is 240 Å². The van der Waals surface area contributed by atoms with Crippen LogP contribution in [0.4, 0.5) is 17.1 Å². The summed E-state index contributed by atoms with van der Waals surface area (Å²) in [5.74, 6) is 0. The third-order valence-corrected chi connectivity index (χ3v) is 8.74. The van der Waals surface area contributed by atoms with E-state index < -0.39 is 0 Å². The Balaban J connectivity index is 1.42. The summed E-state index contributed by atoms with van der Waals surface area (Å²) in [5.41, 5.74) is 12.4. The van der Waals surface area contributed by atoms with Gasteiger partial charge < -0.3 is 9.47 Å². The van der Waals surface area contributed by atoms with Gasteiger partial charge in [0.1, 0.15) is 0 Å². The van der Waals surface area contributed by atoms with Gasteiger partial charge in [-0.1, -0.05) is 111 Å². The van der Waals surface area contributed by atoms with E-state index in [2.05, 4.69) is 169 Å². The van der Waals surface area contributed by atoms with Crippen LogP contribution < -0.4 is 4.90 Å². The van der Waals surface area contributed by atoms with Gasteiger partial charge in [-0.2, -0.15) is 0 Å². The van der Waals surface area contributed by atoms with Crippen LogP contribution in [0.15, 0.2) is 146 Å². The van der Waals surface area contributed by atoms with Crippen LogP contribution in [-0.4, -0.2) is 4.57 Å². The molecule has 0 N–H and O–H groups in total. The lowest BCUT2D eigenvalue weighted by Gasteiger charge is -2.32. The number of nitrogens with zero attached hydrogens (tertiary/aromatic N) is 2. The van der Waals surface area contributed by atoms with Crippen molar-refractivity contribution in [1.82, 2.24) is 4.57 Å². The molecule has 0 aliphatic heterocycles. The van der Waals surface area contributed by atoms with Gasteiger partial charge >= 0.3 is 0 Å². The van der Waals surface area contributed by atoms with Crippen molar-refractivity contribution in [2.75, 3.05) is 4.90 Å². The highest BCUT2D eigenvalue weighted by atomic mass is 15.1. The molecule has 0 saturated heterocycles. The number of para-hydroxylation sites is 3. The molecular weight excluding hydrogens is 496 g/mol. The molecular formula is C39H30N2. The standard InChI is InChI=1S/C39H30N2/c1-39(2)34-21-11-9-18-30(34)33-20-13-23-36(38(33)39)40(27-14-5-3-6-15-27)29-24-25-32-31-19-10-12-22-35(31)41(37(32)26-29)28-16-7-4-8-17-28/h3-26H,1-2H3. The van der Waals surface area contributed by atoms with E-state index in [1.165, 1.54) is 55.4 Å². The fourth-order valence-electron chi connectivity index (χ4n) is 6.96. The van der Waals surface area contributed by atoms with E-state index in [1.807, 2.05) is 0 Å². The summed E-state index contributed by atoms with van der Waals surface area (Å²) in [6.07, 6.45) is 0. The quantitative estimate of drug-likeness (QED) is 0.221. The summed E-state index contributed by atoms with van der Waals surface area (Å²) >= 11 is 0. The normalized spacial score (nSPS) is 13.3. The first-order chi connectivity index (χ1) is 20.1. The number of hydrogen-bond acceptors (Lipinski definition) is 1. The van der Waals surface area contributed by atoms with Crippen molar-refractivity contribution in [2.45, 2.75) is 19.3 Å². The fraction of sp³-hybridized carbons (Fsp3) is 0.0769. The molecule has 0 saturated carbocycles. The molecule has 1 aliphatic carbocycles. The molecule has 7 aromatic rings. The SMILES string of the molecule is CC1(C)c2ccccc2-c2cccc(N(c3ccccc3)c3ccc4c5ccccc5n(-c5ccccc5)c4c3)c21. The summed E-state index contributed by atoms with van der Waals surface area (Å²) in [5, 5.41) is 2.52. The number of hydrogen-bond donors (Lipinski definition) is 0. The van der Waals surface area contributed by atoms with Gasteiger partial charge in [-0.3, -0.25) is 0 Å². The Bertz CT molecular complexity index is 2070. The second-order valence-electron chi connectivity index (χ2n) is 11.4. The zero-order chi connectivity index (χ0) is 27.6. The topological polar surface area (TPSA) is 8.17 Å². The monoisotopic (exact) mass is 526 g/mol. The molecule has 1 aliphatic rings. The Morgan fingerprint density at radius 3 is 2.00 bits per heavy atom. The van der Waals surface area contributed by atoms with E-state index in [-0.39, 0.29) is 5.41 Å². The van der Waals surface area contributed by atoms with Crippen molar-refractivity contribution in [3.63, 3.8) is 0 Å². The molecule has 0 atom stereocenters. The lowest BCUT2D eigenvalue weighted by molar-refractivity contribution is 0.661. The summed E-state index contributed by atoms with van der Waals surface area (Å²) < 4.78 is 2.40. The van der Waals surface area contributed by atoms with Gasteiger partial charge in [-0.25, -0.2) is 0 Å². The Morgan fingerprint density at radius 1 is 0.512 bits per heavy atom. The van der Waals surface area contributed by atoms with Crippen LogP contribution in [0.3, 0.4) is 0 Å². The molecule has 0 bridgehead atoms. The molecule has 2 heteroatoms. The number of aromatic nitrogens is 1. The van der Waals surface area contributed by atoms with Gasteiger partial charge in [0, 0.05) is 33.2 Å². The largest absolute Gasteiger partial charge is 0.310 e. The molecule has 6 aromatic carbocycles. The van der Waals surface area contributed by atoms with E-state index in [0.717, 1.165) is 11.4 Å².